The molecule has 0 aromatic heterocycles. The molecule has 0 bridgehead atoms. The SMILES string of the molecule is NCC1CCCCC1CNC(=O)C1CCCCC1. The molecule has 104 valence electrons. The summed E-state index contributed by atoms with van der Waals surface area (Å²) in [5.41, 5.74) is 5.83. The Balaban J connectivity index is 1.73. The van der Waals surface area contributed by atoms with Crippen LogP contribution in [0.3, 0.4) is 0 Å². The second-order valence-electron chi connectivity index (χ2n) is 6.12. The van der Waals surface area contributed by atoms with Crippen LogP contribution in [0, 0.1) is 17.8 Å². The monoisotopic (exact) mass is 252 g/mol. The molecule has 2 aliphatic rings. The first kappa shape index (κ1) is 13.9. The number of hydrogen-bond acceptors (Lipinski definition) is 2. The zero-order valence-electron chi connectivity index (χ0n) is 11.5. The van der Waals surface area contributed by atoms with E-state index in [9.17, 15) is 4.79 Å². The van der Waals surface area contributed by atoms with Gasteiger partial charge in [0.25, 0.3) is 0 Å². The van der Waals surface area contributed by atoms with Crippen molar-refractivity contribution in [2.75, 3.05) is 13.1 Å². The number of nitrogens with one attached hydrogen (secondary N) is 1. The Kier molecular flexibility index (Phi) is 5.48. The number of carbonyl (C=O) groups excluding carboxylic acids is 1. The Morgan fingerprint density at radius 1 is 0.944 bits per heavy atom. The summed E-state index contributed by atoms with van der Waals surface area (Å²) in [5.74, 6) is 1.84. The summed E-state index contributed by atoms with van der Waals surface area (Å²) >= 11 is 0. The third kappa shape index (κ3) is 3.71. The molecular formula is C15H28N2O. The number of hydrogen-bond donors (Lipinski definition) is 2. The summed E-state index contributed by atoms with van der Waals surface area (Å²) in [7, 11) is 0. The summed E-state index contributed by atoms with van der Waals surface area (Å²) in [6.45, 7) is 1.64. The lowest BCUT2D eigenvalue weighted by atomic mass is 9.79. The lowest BCUT2D eigenvalue weighted by Crippen LogP contribution is -2.39. The second kappa shape index (κ2) is 7.13. The predicted molar refractivity (Wildman–Crippen MR) is 74.1 cm³/mol. The first-order valence-electron chi connectivity index (χ1n) is 7.79. The van der Waals surface area contributed by atoms with Crippen LogP contribution in [0.1, 0.15) is 57.8 Å². The van der Waals surface area contributed by atoms with E-state index in [1.54, 1.807) is 0 Å². The van der Waals surface area contributed by atoms with Crippen LogP contribution in [0.4, 0.5) is 0 Å². The topological polar surface area (TPSA) is 55.1 Å². The second-order valence-corrected chi connectivity index (χ2v) is 6.12. The molecule has 0 radical (unpaired) electrons. The van der Waals surface area contributed by atoms with Crippen molar-refractivity contribution >= 4 is 5.91 Å². The van der Waals surface area contributed by atoms with Crippen molar-refractivity contribution < 1.29 is 4.79 Å². The molecule has 2 atom stereocenters. The summed E-state index contributed by atoms with van der Waals surface area (Å²) in [6, 6.07) is 0. The van der Waals surface area contributed by atoms with E-state index in [0.717, 1.165) is 25.9 Å². The Hall–Kier alpha value is -0.570. The predicted octanol–water partition coefficient (Wildman–Crippen LogP) is 2.45. The lowest BCUT2D eigenvalue weighted by Gasteiger charge is -2.31. The van der Waals surface area contributed by atoms with Gasteiger partial charge in [0.1, 0.15) is 0 Å². The van der Waals surface area contributed by atoms with Gasteiger partial charge in [-0.15, -0.1) is 0 Å². The van der Waals surface area contributed by atoms with Crippen LogP contribution in [0.25, 0.3) is 0 Å². The van der Waals surface area contributed by atoms with Gasteiger partial charge in [-0.05, 0) is 44.1 Å². The highest BCUT2D eigenvalue weighted by Crippen LogP contribution is 2.29. The molecule has 2 fully saturated rings. The number of nitrogens with two attached hydrogens (primary N) is 1. The molecule has 0 heterocycles. The fraction of sp³-hybridized carbons (Fsp3) is 0.933. The zero-order chi connectivity index (χ0) is 12.8. The molecule has 3 nitrogen and oxygen atoms in total. The average Bonchev–Trinajstić information content (AvgIpc) is 2.46. The van der Waals surface area contributed by atoms with E-state index in [0.29, 0.717) is 23.7 Å². The first-order valence-corrected chi connectivity index (χ1v) is 7.79. The van der Waals surface area contributed by atoms with Crippen molar-refractivity contribution in [3.63, 3.8) is 0 Å². The van der Waals surface area contributed by atoms with E-state index >= 15 is 0 Å². The summed E-state index contributed by atoms with van der Waals surface area (Å²) in [5, 5.41) is 3.19. The van der Waals surface area contributed by atoms with Gasteiger partial charge < -0.3 is 11.1 Å². The van der Waals surface area contributed by atoms with Gasteiger partial charge in [0.05, 0.1) is 0 Å². The molecule has 0 spiro atoms. The van der Waals surface area contributed by atoms with E-state index in [-0.39, 0.29) is 0 Å². The highest BCUT2D eigenvalue weighted by molar-refractivity contribution is 5.78. The number of carbonyl (C=O) groups is 1. The minimum atomic E-state index is 0.290. The molecule has 0 aliphatic heterocycles. The third-order valence-electron chi connectivity index (χ3n) is 4.88. The van der Waals surface area contributed by atoms with Crippen LogP contribution in [-0.2, 0) is 4.79 Å². The van der Waals surface area contributed by atoms with Gasteiger partial charge in [-0.3, -0.25) is 4.79 Å². The van der Waals surface area contributed by atoms with Crippen molar-refractivity contribution in [2.24, 2.45) is 23.5 Å². The fourth-order valence-corrected chi connectivity index (χ4v) is 3.60. The summed E-state index contributed by atoms with van der Waals surface area (Å²) < 4.78 is 0. The van der Waals surface area contributed by atoms with Gasteiger partial charge in [-0.1, -0.05) is 32.1 Å². The Bertz CT molecular complexity index is 261. The largest absolute Gasteiger partial charge is 0.356 e. The van der Waals surface area contributed by atoms with Crippen LogP contribution >= 0.6 is 0 Å². The molecular weight excluding hydrogens is 224 g/mol. The van der Waals surface area contributed by atoms with Crippen molar-refractivity contribution in [1.82, 2.24) is 5.32 Å². The van der Waals surface area contributed by atoms with Gasteiger partial charge in [0.2, 0.25) is 5.91 Å². The standard InChI is InChI=1S/C15H28N2O/c16-10-13-8-4-5-9-14(13)11-17-15(18)12-6-2-1-3-7-12/h12-14H,1-11,16H2,(H,17,18). The first-order chi connectivity index (χ1) is 8.81. The van der Waals surface area contributed by atoms with Crippen molar-refractivity contribution in [3.05, 3.63) is 0 Å². The van der Waals surface area contributed by atoms with Gasteiger partial charge >= 0.3 is 0 Å². The molecule has 2 rings (SSSR count). The van der Waals surface area contributed by atoms with E-state index in [2.05, 4.69) is 5.32 Å². The Labute approximate surface area is 111 Å². The molecule has 3 heteroatoms. The van der Waals surface area contributed by atoms with Crippen LogP contribution < -0.4 is 11.1 Å². The quantitative estimate of drug-likeness (QED) is 0.807. The Morgan fingerprint density at radius 3 is 2.22 bits per heavy atom. The molecule has 2 saturated carbocycles. The molecule has 18 heavy (non-hydrogen) atoms. The normalized spacial score (nSPS) is 30.1. The number of amides is 1. The van der Waals surface area contributed by atoms with Gasteiger partial charge in [-0.25, -0.2) is 0 Å². The van der Waals surface area contributed by atoms with Gasteiger partial charge in [0, 0.05) is 12.5 Å². The van der Waals surface area contributed by atoms with Crippen molar-refractivity contribution in [3.8, 4) is 0 Å². The summed E-state index contributed by atoms with van der Waals surface area (Å²) in [4.78, 5) is 12.1. The number of rotatable bonds is 4. The van der Waals surface area contributed by atoms with Gasteiger partial charge in [0.15, 0.2) is 0 Å². The fourth-order valence-electron chi connectivity index (χ4n) is 3.60. The maximum atomic E-state index is 12.1. The van der Waals surface area contributed by atoms with Crippen molar-refractivity contribution in [2.45, 2.75) is 57.8 Å². The molecule has 0 aromatic rings. The maximum Gasteiger partial charge on any atom is 0.223 e. The van der Waals surface area contributed by atoms with Crippen LogP contribution in [0.5, 0.6) is 0 Å². The van der Waals surface area contributed by atoms with E-state index in [4.69, 9.17) is 5.73 Å². The van der Waals surface area contributed by atoms with Crippen LogP contribution in [-0.4, -0.2) is 19.0 Å². The van der Waals surface area contributed by atoms with E-state index in [1.807, 2.05) is 0 Å². The highest BCUT2D eigenvalue weighted by Gasteiger charge is 2.26. The van der Waals surface area contributed by atoms with Crippen molar-refractivity contribution in [1.29, 1.82) is 0 Å². The molecule has 2 aliphatic carbocycles. The van der Waals surface area contributed by atoms with Crippen LogP contribution in [0.15, 0.2) is 0 Å². The van der Waals surface area contributed by atoms with Crippen LogP contribution in [0.2, 0.25) is 0 Å². The smallest absolute Gasteiger partial charge is 0.223 e. The average molecular weight is 252 g/mol. The molecule has 0 aromatic carbocycles. The minimum Gasteiger partial charge on any atom is -0.356 e. The lowest BCUT2D eigenvalue weighted by molar-refractivity contribution is -0.126. The molecule has 2 unspecified atom stereocenters. The molecule has 1 amide bonds. The molecule has 3 N–H and O–H groups in total. The molecule has 0 saturated heterocycles. The van der Waals surface area contributed by atoms with Gasteiger partial charge in [-0.2, -0.15) is 0 Å². The maximum absolute atomic E-state index is 12.1. The highest BCUT2D eigenvalue weighted by atomic mass is 16.1. The summed E-state index contributed by atoms with van der Waals surface area (Å²) in [6.07, 6.45) is 11.1. The third-order valence-corrected chi connectivity index (χ3v) is 4.88. The van der Waals surface area contributed by atoms with E-state index in [1.165, 1.54) is 44.9 Å². The Morgan fingerprint density at radius 2 is 1.56 bits per heavy atom. The van der Waals surface area contributed by atoms with E-state index < -0.39 is 0 Å². The zero-order valence-corrected chi connectivity index (χ0v) is 11.5. The minimum absolute atomic E-state index is 0.290.